The van der Waals surface area contributed by atoms with E-state index in [0.717, 1.165) is 12.1 Å². The first-order valence-corrected chi connectivity index (χ1v) is 14.4. The van der Waals surface area contributed by atoms with Crippen molar-refractivity contribution >= 4 is 41.0 Å². The molecule has 1 aliphatic rings. The van der Waals surface area contributed by atoms with Crippen molar-refractivity contribution in [3.8, 4) is 0 Å². The first kappa shape index (κ1) is 28.9. The fourth-order valence-corrected chi connectivity index (χ4v) is 5.44. The van der Waals surface area contributed by atoms with Crippen LogP contribution in [0.25, 0.3) is 0 Å². The highest BCUT2D eigenvalue weighted by Crippen LogP contribution is 2.25. The molecule has 3 aromatic rings. The number of nitrogens with zero attached hydrogens (tertiary/aromatic N) is 6. The molecule has 0 radical (unpaired) electrons. The van der Waals surface area contributed by atoms with Crippen LogP contribution in [-0.2, 0) is 11.3 Å². The summed E-state index contributed by atoms with van der Waals surface area (Å²) in [6, 6.07) is 21.1. The minimum absolute atomic E-state index is 0.00104. The second kappa shape index (κ2) is 13.8. The molecule has 0 bridgehead atoms. The smallest absolute Gasteiger partial charge is 0.254 e. The Morgan fingerprint density at radius 1 is 1.00 bits per heavy atom. The molecule has 1 saturated heterocycles. The molecular weight excluding hydrogens is 532 g/mol. The lowest BCUT2D eigenvalue weighted by Gasteiger charge is -2.40. The molecule has 0 N–H and O–H groups in total. The van der Waals surface area contributed by atoms with Crippen LogP contribution in [0.1, 0.15) is 22.8 Å². The van der Waals surface area contributed by atoms with E-state index in [2.05, 4.69) is 14.8 Å². The van der Waals surface area contributed by atoms with Crippen molar-refractivity contribution in [2.75, 3.05) is 57.5 Å². The molecule has 1 atom stereocenters. The van der Waals surface area contributed by atoms with Gasteiger partial charge in [-0.15, -0.1) is 0 Å². The number of anilines is 1. The average molecular weight is 567 g/mol. The Morgan fingerprint density at radius 3 is 2.36 bits per heavy atom. The number of piperazine rings is 1. The number of carbonyl (C=O) groups is 2. The second-order valence-electron chi connectivity index (χ2n) is 9.88. The number of halogens is 1. The second-order valence-corrected chi connectivity index (χ2v) is 11.2. The Kier molecular flexibility index (Phi) is 10.2. The fourth-order valence-electron chi connectivity index (χ4n) is 4.46. The van der Waals surface area contributed by atoms with Gasteiger partial charge in [-0.05, 0) is 38.7 Å². The summed E-state index contributed by atoms with van der Waals surface area (Å²) in [6.45, 7) is 5.85. The van der Waals surface area contributed by atoms with Crippen LogP contribution in [0, 0.1) is 0 Å². The van der Waals surface area contributed by atoms with Crippen LogP contribution < -0.4 is 4.90 Å². The van der Waals surface area contributed by atoms with Crippen molar-refractivity contribution in [3.05, 3.63) is 83.0 Å². The molecule has 10 heteroatoms. The zero-order valence-electron chi connectivity index (χ0n) is 22.7. The Morgan fingerprint density at radius 2 is 1.69 bits per heavy atom. The summed E-state index contributed by atoms with van der Waals surface area (Å²) in [7, 11) is 4.00. The summed E-state index contributed by atoms with van der Waals surface area (Å²) in [5.41, 5.74) is 1.79. The van der Waals surface area contributed by atoms with Crippen molar-refractivity contribution in [1.82, 2.24) is 24.7 Å². The number of likely N-dealkylation sites (N-methyl/N-ethyl adjacent to an activating group) is 1. The molecule has 2 aromatic carbocycles. The minimum Gasteiger partial charge on any atom is -0.353 e. The van der Waals surface area contributed by atoms with E-state index >= 15 is 0 Å². The molecule has 0 spiro atoms. The summed E-state index contributed by atoms with van der Waals surface area (Å²) in [4.78, 5) is 43.3. The lowest BCUT2D eigenvalue weighted by Crippen LogP contribution is -2.54. The predicted octanol–water partition coefficient (Wildman–Crippen LogP) is 4.16. The molecule has 0 saturated carbocycles. The number of benzene rings is 2. The number of aromatic nitrogens is 2. The standard InChI is InChI=1S/C29H35ClN6O2S/c1-22-19-34(16-17-36(22)28(38)24-12-8-5-9-13-24)26-18-25(30)31-29(32-26)39-21-27(37)35(15-14-33(2)3)20-23-10-6-4-7-11-23/h4-13,18,22H,14-17,19-21H2,1-3H3. The maximum Gasteiger partial charge on any atom is 0.254 e. The Bertz CT molecular complexity index is 1250. The predicted molar refractivity (Wildman–Crippen MR) is 157 cm³/mol. The van der Waals surface area contributed by atoms with Crippen LogP contribution >= 0.6 is 23.4 Å². The summed E-state index contributed by atoms with van der Waals surface area (Å²) >= 11 is 7.67. The van der Waals surface area contributed by atoms with E-state index in [1.807, 2.05) is 91.5 Å². The molecule has 1 fully saturated rings. The fraction of sp³-hybridized carbons (Fsp3) is 0.379. The van der Waals surface area contributed by atoms with Crippen molar-refractivity contribution in [1.29, 1.82) is 0 Å². The van der Waals surface area contributed by atoms with Gasteiger partial charge in [0.25, 0.3) is 5.91 Å². The van der Waals surface area contributed by atoms with Crippen LogP contribution in [0.3, 0.4) is 0 Å². The van der Waals surface area contributed by atoms with Gasteiger partial charge < -0.3 is 19.6 Å². The molecular formula is C29H35ClN6O2S. The number of rotatable bonds is 10. The van der Waals surface area contributed by atoms with E-state index in [1.54, 1.807) is 6.07 Å². The Hall–Kier alpha value is -3.14. The summed E-state index contributed by atoms with van der Waals surface area (Å²) in [6.07, 6.45) is 0. The molecule has 206 valence electrons. The van der Waals surface area contributed by atoms with Gasteiger partial charge in [-0.1, -0.05) is 71.9 Å². The van der Waals surface area contributed by atoms with Gasteiger partial charge in [0.1, 0.15) is 11.0 Å². The molecule has 1 aromatic heterocycles. The van der Waals surface area contributed by atoms with Crippen LogP contribution in [0.2, 0.25) is 5.15 Å². The van der Waals surface area contributed by atoms with Crippen LogP contribution in [0.4, 0.5) is 5.82 Å². The molecule has 0 aliphatic carbocycles. The van der Waals surface area contributed by atoms with Crippen LogP contribution in [0.5, 0.6) is 0 Å². The highest BCUT2D eigenvalue weighted by atomic mass is 35.5. The van der Waals surface area contributed by atoms with E-state index in [-0.39, 0.29) is 23.6 Å². The van der Waals surface area contributed by atoms with E-state index in [4.69, 9.17) is 16.6 Å². The zero-order chi connectivity index (χ0) is 27.8. The molecule has 1 unspecified atom stereocenters. The molecule has 4 rings (SSSR count). The number of carbonyl (C=O) groups excluding carboxylic acids is 2. The third kappa shape index (κ3) is 8.17. The third-order valence-corrected chi connectivity index (χ3v) is 7.63. The largest absolute Gasteiger partial charge is 0.353 e. The number of hydrogen-bond donors (Lipinski definition) is 0. The SMILES string of the molecule is CC1CN(c2cc(Cl)nc(SCC(=O)N(CCN(C)C)Cc3ccccc3)n2)CCN1C(=O)c1ccccc1. The van der Waals surface area contributed by atoms with Crippen molar-refractivity contribution in [3.63, 3.8) is 0 Å². The minimum atomic E-state index is 0.00104. The molecule has 1 aliphatic heterocycles. The van der Waals surface area contributed by atoms with Crippen molar-refractivity contribution in [2.24, 2.45) is 0 Å². The Labute approximate surface area is 240 Å². The molecule has 2 amide bonds. The van der Waals surface area contributed by atoms with Crippen molar-refractivity contribution in [2.45, 2.75) is 24.7 Å². The lowest BCUT2D eigenvalue weighted by molar-refractivity contribution is -0.129. The van der Waals surface area contributed by atoms with Gasteiger partial charge in [-0.2, -0.15) is 0 Å². The summed E-state index contributed by atoms with van der Waals surface area (Å²) < 4.78 is 0. The number of hydrogen-bond acceptors (Lipinski definition) is 7. The van der Waals surface area contributed by atoms with Gasteiger partial charge in [0, 0.05) is 56.9 Å². The first-order valence-electron chi connectivity index (χ1n) is 13.0. The summed E-state index contributed by atoms with van der Waals surface area (Å²) in [5.74, 6) is 0.984. The van der Waals surface area contributed by atoms with E-state index in [9.17, 15) is 9.59 Å². The van der Waals surface area contributed by atoms with E-state index < -0.39 is 0 Å². The van der Waals surface area contributed by atoms with E-state index in [0.29, 0.717) is 54.4 Å². The Balaban J connectivity index is 1.39. The summed E-state index contributed by atoms with van der Waals surface area (Å²) in [5, 5.41) is 0.799. The van der Waals surface area contributed by atoms with Gasteiger partial charge in [-0.25, -0.2) is 9.97 Å². The van der Waals surface area contributed by atoms with Gasteiger partial charge in [0.15, 0.2) is 5.16 Å². The van der Waals surface area contributed by atoms with Gasteiger partial charge in [-0.3, -0.25) is 9.59 Å². The van der Waals surface area contributed by atoms with Crippen LogP contribution in [-0.4, -0.2) is 95.1 Å². The quantitative estimate of drug-likeness (QED) is 0.207. The van der Waals surface area contributed by atoms with Gasteiger partial charge in [0.2, 0.25) is 5.91 Å². The average Bonchev–Trinajstić information content (AvgIpc) is 2.94. The highest BCUT2D eigenvalue weighted by Gasteiger charge is 2.29. The normalized spacial score (nSPS) is 15.5. The van der Waals surface area contributed by atoms with Gasteiger partial charge in [0.05, 0.1) is 5.75 Å². The van der Waals surface area contributed by atoms with Gasteiger partial charge >= 0.3 is 0 Å². The van der Waals surface area contributed by atoms with E-state index in [1.165, 1.54) is 11.8 Å². The van der Waals surface area contributed by atoms with Crippen molar-refractivity contribution < 1.29 is 9.59 Å². The lowest BCUT2D eigenvalue weighted by atomic mass is 10.1. The maximum absolute atomic E-state index is 13.2. The first-order chi connectivity index (χ1) is 18.8. The maximum atomic E-state index is 13.2. The zero-order valence-corrected chi connectivity index (χ0v) is 24.2. The highest BCUT2D eigenvalue weighted by molar-refractivity contribution is 7.99. The number of thioether (sulfide) groups is 1. The third-order valence-electron chi connectivity index (χ3n) is 6.60. The molecule has 39 heavy (non-hydrogen) atoms. The molecule has 2 heterocycles. The molecule has 8 nitrogen and oxygen atoms in total. The van der Waals surface area contributed by atoms with Crippen LogP contribution in [0.15, 0.2) is 71.9 Å². The topological polar surface area (TPSA) is 72.9 Å². The monoisotopic (exact) mass is 566 g/mol. The number of amides is 2.